The molecule has 0 unspecified atom stereocenters. The molecule has 1 N–H and O–H groups in total. The number of hydrogen-bond acceptors (Lipinski definition) is 5. The van der Waals surface area contributed by atoms with Gasteiger partial charge >= 0.3 is 0 Å². The molecule has 0 aliphatic heterocycles. The van der Waals surface area contributed by atoms with Crippen molar-refractivity contribution in [2.45, 2.75) is 0 Å². The highest BCUT2D eigenvalue weighted by molar-refractivity contribution is 9.10. The standard InChI is InChI=1S/C9H12BrNO5S2/c1-16-7-3-4-8(10)9(5-7)11-18(14,15)6-17(2,12)13/h3-5,11H,6H2,1-2H3. The zero-order valence-electron chi connectivity index (χ0n) is 9.67. The predicted octanol–water partition coefficient (Wildman–Crippen LogP) is 1.20. The molecule has 6 nitrogen and oxygen atoms in total. The lowest BCUT2D eigenvalue weighted by atomic mass is 10.3. The highest BCUT2D eigenvalue weighted by Gasteiger charge is 2.19. The summed E-state index contributed by atoms with van der Waals surface area (Å²) in [6.07, 6.45) is 0.854. The van der Waals surface area contributed by atoms with Crippen LogP contribution in [0.2, 0.25) is 0 Å². The van der Waals surface area contributed by atoms with E-state index in [9.17, 15) is 16.8 Å². The Morgan fingerprint density at radius 2 is 1.89 bits per heavy atom. The second-order valence-electron chi connectivity index (χ2n) is 3.61. The van der Waals surface area contributed by atoms with Crippen LogP contribution < -0.4 is 9.46 Å². The molecule has 0 radical (unpaired) electrons. The molecule has 9 heteroatoms. The van der Waals surface area contributed by atoms with Crippen molar-refractivity contribution in [2.24, 2.45) is 0 Å². The van der Waals surface area contributed by atoms with Crippen molar-refractivity contribution in [2.75, 3.05) is 23.2 Å². The lowest BCUT2D eigenvalue weighted by Crippen LogP contribution is -2.22. The minimum absolute atomic E-state index is 0.220. The topological polar surface area (TPSA) is 89.5 Å². The van der Waals surface area contributed by atoms with E-state index in [1.54, 1.807) is 12.1 Å². The van der Waals surface area contributed by atoms with Gasteiger partial charge in [0.2, 0.25) is 10.0 Å². The molecule has 1 aromatic rings. The van der Waals surface area contributed by atoms with Crippen molar-refractivity contribution in [1.29, 1.82) is 0 Å². The quantitative estimate of drug-likeness (QED) is 0.854. The van der Waals surface area contributed by atoms with Crippen LogP contribution in [0.25, 0.3) is 0 Å². The van der Waals surface area contributed by atoms with Crippen molar-refractivity contribution in [3.8, 4) is 5.75 Å². The molecule has 0 fully saturated rings. The summed E-state index contributed by atoms with van der Waals surface area (Å²) < 4.78 is 52.8. The van der Waals surface area contributed by atoms with Gasteiger partial charge in [-0.2, -0.15) is 0 Å². The van der Waals surface area contributed by atoms with E-state index in [0.717, 1.165) is 6.26 Å². The third kappa shape index (κ3) is 4.83. The van der Waals surface area contributed by atoms with Gasteiger partial charge in [0.15, 0.2) is 14.9 Å². The fourth-order valence-corrected chi connectivity index (χ4v) is 4.66. The van der Waals surface area contributed by atoms with Gasteiger partial charge in [-0.05, 0) is 28.1 Å². The summed E-state index contributed by atoms with van der Waals surface area (Å²) in [7, 11) is -6.15. The Labute approximate surface area is 114 Å². The highest BCUT2D eigenvalue weighted by Crippen LogP contribution is 2.28. The first-order valence-electron chi connectivity index (χ1n) is 4.65. The Morgan fingerprint density at radius 1 is 1.28 bits per heavy atom. The van der Waals surface area contributed by atoms with Gasteiger partial charge in [0.25, 0.3) is 0 Å². The van der Waals surface area contributed by atoms with Gasteiger partial charge in [-0.25, -0.2) is 16.8 Å². The minimum Gasteiger partial charge on any atom is -0.497 e. The van der Waals surface area contributed by atoms with Gasteiger partial charge < -0.3 is 4.74 Å². The summed E-state index contributed by atoms with van der Waals surface area (Å²) >= 11 is 3.16. The lowest BCUT2D eigenvalue weighted by molar-refractivity contribution is 0.415. The van der Waals surface area contributed by atoms with Gasteiger partial charge in [0.1, 0.15) is 5.75 Å². The van der Waals surface area contributed by atoms with Crippen LogP contribution in [0.3, 0.4) is 0 Å². The van der Waals surface area contributed by atoms with E-state index in [-0.39, 0.29) is 5.69 Å². The molecule has 0 saturated carbocycles. The maximum atomic E-state index is 11.6. The van der Waals surface area contributed by atoms with Gasteiger partial charge in [-0.3, -0.25) is 4.72 Å². The van der Waals surface area contributed by atoms with Crippen molar-refractivity contribution < 1.29 is 21.6 Å². The number of anilines is 1. The zero-order chi connectivity index (χ0) is 14.0. The molecule has 18 heavy (non-hydrogen) atoms. The molecule has 0 atom stereocenters. The number of methoxy groups -OCH3 is 1. The summed E-state index contributed by atoms with van der Waals surface area (Å²) in [5.74, 6) is 0.454. The molecule has 0 bridgehead atoms. The van der Waals surface area contributed by atoms with Crippen LogP contribution in [0.4, 0.5) is 5.69 Å². The second-order valence-corrected chi connectivity index (χ2v) is 8.69. The minimum atomic E-state index is -3.96. The molecule has 0 amide bonds. The molecule has 102 valence electrons. The second kappa shape index (κ2) is 5.45. The van der Waals surface area contributed by atoms with Crippen LogP contribution in [0.1, 0.15) is 0 Å². The number of benzene rings is 1. The number of nitrogens with one attached hydrogen (secondary N) is 1. The van der Waals surface area contributed by atoms with E-state index in [4.69, 9.17) is 4.74 Å². The van der Waals surface area contributed by atoms with Crippen LogP contribution in [-0.4, -0.2) is 35.3 Å². The Hall–Kier alpha value is -0.800. The number of hydrogen-bond donors (Lipinski definition) is 1. The SMILES string of the molecule is COc1ccc(Br)c(NS(=O)(=O)CS(C)(=O)=O)c1. The molecule has 1 rings (SSSR count). The predicted molar refractivity (Wildman–Crippen MR) is 72.9 cm³/mol. The first kappa shape index (κ1) is 15.3. The smallest absolute Gasteiger partial charge is 0.247 e. The first-order valence-corrected chi connectivity index (χ1v) is 9.15. The normalized spacial score (nSPS) is 12.2. The van der Waals surface area contributed by atoms with Gasteiger partial charge in [0, 0.05) is 16.8 Å². The Balaban J connectivity index is 3.04. The zero-order valence-corrected chi connectivity index (χ0v) is 12.9. The van der Waals surface area contributed by atoms with Crippen molar-refractivity contribution in [1.82, 2.24) is 0 Å². The van der Waals surface area contributed by atoms with Gasteiger partial charge in [0.05, 0.1) is 12.8 Å². The number of ether oxygens (including phenoxy) is 1. The van der Waals surface area contributed by atoms with E-state index in [0.29, 0.717) is 10.2 Å². The Kier molecular flexibility index (Phi) is 4.62. The number of sulfonamides is 1. The molecule has 0 aliphatic carbocycles. The fourth-order valence-electron chi connectivity index (χ4n) is 1.19. The van der Waals surface area contributed by atoms with Crippen molar-refractivity contribution in [3.63, 3.8) is 0 Å². The largest absolute Gasteiger partial charge is 0.497 e. The molecule has 0 heterocycles. The van der Waals surface area contributed by atoms with Crippen molar-refractivity contribution >= 4 is 41.5 Å². The monoisotopic (exact) mass is 357 g/mol. The molecule has 0 aromatic heterocycles. The average Bonchev–Trinajstić information content (AvgIpc) is 2.17. The summed E-state index contributed by atoms with van der Waals surface area (Å²) in [5, 5.41) is -0.969. The summed E-state index contributed by atoms with van der Waals surface area (Å²) in [5.41, 5.74) is 0.220. The summed E-state index contributed by atoms with van der Waals surface area (Å²) in [6.45, 7) is 0. The molecular weight excluding hydrogens is 346 g/mol. The van der Waals surface area contributed by atoms with Crippen LogP contribution >= 0.6 is 15.9 Å². The fraction of sp³-hybridized carbons (Fsp3) is 0.333. The first-order chi connectivity index (χ1) is 8.13. The number of halogens is 1. The van der Waals surface area contributed by atoms with E-state index in [1.165, 1.54) is 13.2 Å². The van der Waals surface area contributed by atoms with Crippen LogP contribution in [0.15, 0.2) is 22.7 Å². The van der Waals surface area contributed by atoms with Crippen LogP contribution in [-0.2, 0) is 19.9 Å². The van der Waals surface area contributed by atoms with E-state index < -0.39 is 24.9 Å². The molecule has 0 aliphatic rings. The van der Waals surface area contributed by atoms with E-state index in [1.807, 2.05) is 0 Å². The highest BCUT2D eigenvalue weighted by atomic mass is 79.9. The third-order valence-electron chi connectivity index (χ3n) is 1.81. The summed E-state index contributed by atoms with van der Waals surface area (Å²) in [4.78, 5) is 0. The number of sulfone groups is 1. The maximum absolute atomic E-state index is 11.6. The van der Waals surface area contributed by atoms with Crippen LogP contribution in [0, 0.1) is 0 Å². The lowest BCUT2D eigenvalue weighted by Gasteiger charge is -2.10. The molecule has 0 spiro atoms. The van der Waals surface area contributed by atoms with E-state index in [2.05, 4.69) is 20.7 Å². The summed E-state index contributed by atoms with van der Waals surface area (Å²) in [6, 6.07) is 4.68. The van der Waals surface area contributed by atoms with Gasteiger partial charge in [-0.15, -0.1) is 0 Å². The Morgan fingerprint density at radius 3 is 2.39 bits per heavy atom. The molecular formula is C9H12BrNO5S2. The maximum Gasteiger partial charge on any atom is 0.247 e. The van der Waals surface area contributed by atoms with Crippen molar-refractivity contribution in [3.05, 3.63) is 22.7 Å². The average molecular weight is 358 g/mol. The molecule has 0 saturated heterocycles. The third-order valence-corrected chi connectivity index (χ3v) is 5.98. The Bertz CT molecular complexity index is 639. The number of rotatable bonds is 5. The van der Waals surface area contributed by atoms with Gasteiger partial charge in [-0.1, -0.05) is 0 Å². The van der Waals surface area contributed by atoms with E-state index >= 15 is 0 Å². The van der Waals surface area contributed by atoms with Crippen LogP contribution in [0.5, 0.6) is 5.75 Å². The molecule has 1 aromatic carbocycles.